The summed E-state index contributed by atoms with van der Waals surface area (Å²) in [6.45, 7) is 1.46. The van der Waals surface area contributed by atoms with Gasteiger partial charge in [-0.05, 0) is 0 Å². The normalized spacial score (nSPS) is 24.1. The Balaban J connectivity index is 2.04. The summed E-state index contributed by atoms with van der Waals surface area (Å²) in [6, 6.07) is 10.4. The molecular formula is C13H14O2Se. The van der Waals surface area contributed by atoms with Gasteiger partial charge in [0.2, 0.25) is 0 Å². The van der Waals surface area contributed by atoms with Crippen molar-refractivity contribution in [1.29, 1.82) is 0 Å². The van der Waals surface area contributed by atoms with E-state index in [1.54, 1.807) is 0 Å². The van der Waals surface area contributed by atoms with Crippen molar-refractivity contribution in [2.75, 3.05) is 0 Å². The number of ether oxygens (including phenoxy) is 1. The Labute approximate surface area is 102 Å². The van der Waals surface area contributed by atoms with E-state index in [1.807, 2.05) is 12.1 Å². The molecular weight excluding hydrogens is 267 g/mol. The van der Waals surface area contributed by atoms with Crippen LogP contribution in [0.5, 0.6) is 0 Å². The van der Waals surface area contributed by atoms with Gasteiger partial charge in [0.1, 0.15) is 0 Å². The zero-order valence-electron chi connectivity index (χ0n) is 9.13. The molecule has 2 rings (SSSR count). The van der Waals surface area contributed by atoms with E-state index in [2.05, 4.69) is 29.2 Å². The molecule has 0 saturated heterocycles. The average Bonchev–Trinajstić information content (AvgIpc) is 2.30. The number of esters is 1. The number of hydrogen-bond acceptors (Lipinski definition) is 2. The van der Waals surface area contributed by atoms with Crippen molar-refractivity contribution in [3.8, 4) is 0 Å². The van der Waals surface area contributed by atoms with Gasteiger partial charge in [0.15, 0.2) is 0 Å². The van der Waals surface area contributed by atoms with Crippen LogP contribution in [-0.2, 0) is 9.53 Å². The number of hydrogen-bond donors (Lipinski definition) is 0. The number of benzene rings is 1. The van der Waals surface area contributed by atoms with E-state index < -0.39 is 0 Å². The summed E-state index contributed by atoms with van der Waals surface area (Å²) < 4.78 is 5.23. The molecule has 1 aliphatic rings. The topological polar surface area (TPSA) is 26.3 Å². The van der Waals surface area contributed by atoms with Crippen LogP contribution in [-0.4, -0.2) is 27.0 Å². The summed E-state index contributed by atoms with van der Waals surface area (Å²) in [4.78, 5) is 13.6. The fourth-order valence-electron chi connectivity index (χ4n) is 1.76. The van der Waals surface area contributed by atoms with E-state index in [1.165, 1.54) is 12.5 Å². The summed E-state index contributed by atoms with van der Waals surface area (Å²) in [5, 5.41) is 0. The van der Waals surface area contributed by atoms with Gasteiger partial charge in [-0.25, -0.2) is 0 Å². The third kappa shape index (κ3) is 2.97. The molecule has 0 amide bonds. The monoisotopic (exact) mass is 282 g/mol. The zero-order chi connectivity index (χ0) is 11.4. The Morgan fingerprint density at radius 3 is 2.81 bits per heavy atom. The van der Waals surface area contributed by atoms with Crippen molar-refractivity contribution < 1.29 is 9.53 Å². The zero-order valence-corrected chi connectivity index (χ0v) is 10.8. The molecule has 2 nitrogen and oxygen atoms in total. The van der Waals surface area contributed by atoms with E-state index in [-0.39, 0.29) is 12.1 Å². The molecule has 1 aromatic carbocycles. The summed E-state index contributed by atoms with van der Waals surface area (Å²) in [6.07, 6.45) is 2.89. The summed E-state index contributed by atoms with van der Waals surface area (Å²) in [7, 11) is 0. The van der Waals surface area contributed by atoms with Crippen molar-refractivity contribution in [3.05, 3.63) is 46.9 Å². The molecule has 1 aromatic rings. The predicted octanol–water partition coefficient (Wildman–Crippen LogP) is 2.28. The van der Waals surface area contributed by atoms with Gasteiger partial charge in [-0.2, -0.15) is 0 Å². The second-order valence-corrected chi connectivity index (χ2v) is 6.08. The van der Waals surface area contributed by atoms with Crippen molar-refractivity contribution in [2.24, 2.45) is 0 Å². The number of carbonyl (C=O) groups excluding carboxylic acids is 1. The standard InChI is InChI=1S/C13H14O2Se/c1-10(14)15-12-7-8-16-13(9-12)11-5-3-2-4-6-11/h2-8,12-13H,9H2,1H3. The van der Waals surface area contributed by atoms with Crippen LogP contribution >= 0.6 is 0 Å². The van der Waals surface area contributed by atoms with Gasteiger partial charge >= 0.3 is 102 Å². The van der Waals surface area contributed by atoms with Gasteiger partial charge in [0.05, 0.1) is 0 Å². The predicted molar refractivity (Wildman–Crippen MR) is 64.2 cm³/mol. The van der Waals surface area contributed by atoms with Crippen molar-refractivity contribution in [3.63, 3.8) is 0 Å². The van der Waals surface area contributed by atoms with Crippen LogP contribution < -0.4 is 0 Å². The Bertz CT molecular complexity index is 386. The molecule has 2 atom stereocenters. The van der Waals surface area contributed by atoms with Crippen LogP contribution in [0.4, 0.5) is 0 Å². The molecule has 3 heteroatoms. The molecule has 0 saturated carbocycles. The van der Waals surface area contributed by atoms with Gasteiger partial charge in [-0.15, -0.1) is 0 Å². The maximum atomic E-state index is 10.9. The number of carbonyl (C=O) groups is 1. The molecule has 2 unspecified atom stereocenters. The van der Waals surface area contributed by atoms with E-state index in [4.69, 9.17) is 4.74 Å². The Morgan fingerprint density at radius 2 is 2.12 bits per heavy atom. The fourth-order valence-corrected chi connectivity index (χ4v) is 4.00. The first kappa shape index (κ1) is 11.4. The summed E-state index contributed by atoms with van der Waals surface area (Å²) in [5.74, 6) is -0.198. The molecule has 0 N–H and O–H groups in total. The molecule has 1 heterocycles. The molecule has 1 aliphatic heterocycles. The average molecular weight is 281 g/mol. The first-order chi connectivity index (χ1) is 7.75. The molecule has 0 radical (unpaired) electrons. The summed E-state index contributed by atoms with van der Waals surface area (Å²) >= 11 is 0.470. The first-order valence-electron chi connectivity index (χ1n) is 5.30. The molecule has 16 heavy (non-hydrogen) atoms. The van der Waals surface area contributed by atoms with Gasteiger partial charge in [-0.3, -0.25) is 0 Å². The van der Waals surface area contributed by atoms with Crippen LogP contribution in [0.25, 0.3) is 0 Å². The fraction of sp³-hybridized carbons (Fsp3) is 0.308. The van der Waals surface area contributed by atoms with Crippen molar-refractivity contribution in [1.82, 2.24) is 0 Å². The van der Waals surface area contributed by atoms with E-state index in [0.717, 1.165) is 6.42 Å². The molecule has 0 aliphatic carbocycles. The molecule has 0 aromatic heterocycles. The Kier molecular flexibility index (Phi) is 3.81. The third-order valence-electron chi connectivity index (χ3n) is 2.47. The van der Waals surface area contributed by atoms with Crippen molar-refractivity contribution >= 4 is 20.9 Å². The molecule has 84 valence electrons. The Morgan fingerprint density at radius 1 is 1.38 bits per heavy atom. The van der Waals surface area contributed by atoms with E-state index in [9.17, 15) is 4.79 Å². The third-order valence-corrected chi connectivity index (χ3v) is 4.79. The minimum atomic E-state index is -0.198. The molecule has 0 fully saturated rings. The molecule has 0 spiro atoms. The van der Waals surface area contributed by atoms with Gasteiger partial charge in [0.25, 0.3) is 0 Å². The molecule has 0 bridgehead atoms. The summed E-state index contributed by atoms with van der Waals surface area (Å²) in [5.41, 5.74) is 1.35. The van der Waals surface area contributed by atoms with Crippen LogP contribution in [0.3, 0.4) is 0 Å². The quantitative estimate of drug-likeness (QED) is 0.614. The van der Waals surface area contributed by atoms with Crippen LogP contribution in [0, 0.1) is 0 Å². The van der Waals surface area contributed by atoms with Crippen LogP contribution in [0.15, 0.2) is 41.4 Å². The number of rotatable bonds is 2. The second-order valence-electron chi connectivity index (χ2n) is 3.75. The van der Waals surface area contributed by atoms with Gasteiger partial charge in [-0.1, -0.05) is 0 Å². The minimum absolute atomic E-state index is 0.0432. The van der Waals surface area contributed by atoms with Crippen molar-refractivity contribution in [2.45, 2.75) is 24.3 Å². The van der Waals surface area contributed by atoms with Gasteiger partial charge in [0, 0.05) is 0 Å². The first-order valence-corrected chi connectivity index (χ1v) is 7.28. The second kappa shape index (κ2) is 5.33. The van der Waals surface area contributed by atoms with E-state index >= 15 is 0 Å². The Hall–Kier alpha value is -1.05. The van der Waals surface area contributed by atoms with E-state index in [0.29, 0.717) is 19.8 Å². The van der Waals surface area contributed by atoms with Gasteiger partial charge < -0.3 is 0 Å². The van der Waals surface area contributed by atoms with Crippen LogP contribution in [0.2, 0.25) is 0 Å². The maximum absolute atomic E-state index is 10.9. The van der Waals surface area contributed by atoms with Crippen LogP contribution in [0.1, 0.15) is 23.7 Å². The SMILES string of the molecule is CC(=O)OC1C=C[Se]C(c2ccccc2)C1.